The lowest BCUT2D eigenvalue weighted by Gasteiger charge is -2.12. The van der Waals surface area contributed by atoms with E-state index in [0.717, 1.165) is 5.56 Å². The quantitative estimate of drug-likeness (QED) is 0.514. The summed E-state index contributed by atoms with van der Waals surface area (Å²) < 4.78 is 7.20. The number of aromatic nitrogens is 2. The van der Waals surface area contributed by atoms with Gasteiger partial charge >= 0.3 is 0 Å². The first-order chi connectivity index (χ1) is 15.0. The number of allylic oxidation sites excluding steroid dienone is 1. The van der Waals surface area contributed by atoms with Gasteiger partial charge in [-0.15, -0.1) is 0 Å². The van der Waals surface area contributed by atoms with Gasteiger partial charge in [-0.25, -0.2) is 4.68 Å². The maximum atomic E-state index is 9.75. The molecule has 3 aromatic rings. The van der Waals surface area contributed by atoms with Crippen LogP contribution in [0.5, 0.6) is 5.75 Å². The first kappa shape index (κ1) is 22.2. The molecule has 0 spiro atoms. The van der Waals surface area contributed by atoms with Gasteiger partial charge in [0, 0.05) is 10.6 Å². The summed E-state index contributed by atoms with van der Waals surface area (Å²) in [5.74, 6) is 0.404. The van der Waals surface area contributed by atoms with Crippen LogP contribution in [-0.2, 0) is 13.2 Å². The van der Waals surface area contributed by atoms with Crippen molar-refractivity contribution in [2.45, 2.75) is 13.2 Å². The fourth-order valence-electron chi connectivity index (χ4n) is 2.92. The van der Waals surface area contributed by atoms with Crippen LogP contribution in [0.25, 0.3) is 11.6 Å². The van der Waals surface area contributed by atoms with Crippen LogP contribution in [0.1, 0.15) is 22.4 Å². The van der Waals surface area contributed by atoms with Gasteiger partial charge in [-0.3, -0.25) is 0 Å². The number of ether oxygens (including phenoxy) is 1. The number of nitrogen functional groups attached to an aromatic ring is 1. The summed E-state index contributed by atoms with van der Waals surface area (Å²) in [7, 11) is 0. The number of rotatable bonds is 7. The normalized spacial score (nSPS) is 11.1. The Kier molecular flexibility index (Phi) is 7.17. The lowest BCUT2D eigenvalue weighted by Crippen LogP contribution is -2.07. The van der Waals surface area contributed by atoms with E-state index in [2.05, 4.69) is 5.10 Å². The molecule has 2 aromatic carbocycles. The van der Waals surface area contributed by atoms with E-state index >= 15 is 0 Å². The van der Waals surface area contributed by atoms with Crippen molar-refractivity contribution in [1.82, 2.24) is 9.78 Å². The van der Waals surface area contributed by atoms with Gasteiger partial charge in [0.15, 0.2) is 0 Å². The molecule has 0 aliphatic heterocycles. The molecule has 0 aliphatic rings. The molecule has 3 rings (SSSR count). The molecular weight excluding hydrogens is 437 g/mol. The molecule has 0 aliphatic carbocycles. The van der Waals surface area contributed by atoms with Crippen molar-refractivity contribution in [3.05, 3.63) is 74.9 Å². The second-order valence-electron chi connectivity index (χ2n) is 6.42. The van der Waals surface area contributed by atoms with Crippen molar-refractivity contribution in [2.75, 3.05) is 12.3 Å². The van der Waals surface area contributed by atoms with E-state index < -0.39 is 0 Å². The maximum absolute atomic E-state index is 9.75. The van der Waals surface area contributed by atoms with Crippen LogP contribution < -0.4 is 10.5 Å². The van der Waals surface area contributed by atoms with Crippen LogP contribution in [0, 0.1) is 22.7 Å². The fourth-order valence-corrected chi connectivity index (χ4v) is 3.48. The molecule has 31 heavy (non-hydrogen) atoms. The van der Waals surface area contributed by atoms with Crippen LogP contribution in [0.3, 0.4) is 0 Å². The number of benzene rings is 2. The van der Waals surface area contributed by atoms with E-state index in [1.54, 1.807) is 12.1 Å². The molecule has 3 N–H and O–H groups in total. The van der Waals surface area contributed by atoms with E-state index in [0.29, 0.717) is 16.3 Å². The molecule has 1 heterocycles. The summed E-state index contributed by atoms with van der Waals surface area (Å²) in [6.45, 7) is 0.128. The van der Waals surface area contributed by atoms with Gasteiger partial charge in [0.2, 0.25) is 0 Å². The summed E-state index contributed by atoms with van der Waals surface area (Å²) in [5.41, 5.74) is 7.54. The molecule has 0 unspecified atom stereocenters. The van der Waals surface area contributed by atoms with Gasteiger partial charge in [0.1, 0.15) is 41.6 Å². The van der Waals surface area contributed by atoms with Crippen LogP contribution in [0.15, 0.2) is 42.5 Å². The molecule has 0 atom stereocenters. The molecule has 0 saturated carbocycles. The van der Waals surface area contributed by atoms with E-state index in [1.807, 2.05) is 42.5 Å². The number of aliphatic hydroxyl groups excluding tert-OH is 1. The monoisotopic (exact) mass is 453 g/mol. The third-order valence-corrected chi connectivity index (χ3v) is 4.85. The highest BCUT2D eigenvalue weighted by atomic mass is 35.5. The van der Waals surface area contributed by atoms with Gasteiger partial charge in [0.25, 0.3) is 0 Å². The van der Waals surface area contributed by atoms with Crippen molar-refractivity contribution in [1.29, 1.82) is 10.5 Å². The van der Waals surface area contributed by atoms with Gasteiger partial charge in [-0.2, -0.15) is 15.6 Å². The zero-order valence-corrected chi connectivity index (χ0v) is 17.7. The topological polar surface area (TPSA) is 121 Å². The Morgan fingerprint density at radius 2 is 1.97 bits per heavy atom. The van der Waals surface area contributed by atoms with Gasteiger partial charge in [-0.1, -0.05) is 53.5 Å². The minimum Gasteiger partial charge on any atom is -0.487 e. The van der Waals surface area contributed by atoms with Crippen LogP contribution >= 0.6 is 23.2 Å². The first-order valence-corrected chi connectivity index (χ1v) is 9.89. The lowest BCUT2D eigenvalue weighted by atomic mass is 10.1. The average molecular weight is 454 g/mol. The van der Waals surface area contributed by atoms with Crippen molar-refractivity contribution < 1.29 is 9.84 Å². The van der Waals surface area contributed by atoms with E-state index in [9.17, 15) is 15.6 Å². The minimum atomic E-state index is -0.219. The Labute approximate surface area is 189 Å². The van der Waals surface area contributed by atoms with Crippen molar-refractivity contribution in [2.24, 2.45) is 0 Å². The smallest absolute Gasteiger partial charge is 0.145 e. The second kappa shape index (κ2) is 10.0. The molecule has 0 amide bonds. The van der Waals surface area contributed by atoms with Gasteiger partial charge in [-0.05, 0) is 23.8 Å². The van der Waals surface area contributed by atoms with Crippen molar-refractivity contribution in [3.8, 4) is 17.9 Å². The Hall–Kier alpha value is -3.49. The summed E-state index contributed by atoms with van der Waals surface area (Å²) >= 11 is 12.5. The van der Waals surface area contributed by atoms with E-state index in [4.69, 9.17) is 33.7 Å². The molecule has 0 fully saturated rings. The SMILES string of the molecule is N#C/C(=C\c1cc(Cl)cc(Cl)c1OCc1ccccc1)c1nn(CCO)c(N)c1C#N. The average Bonchev–Trinajstić information content (AvgIpc) is 3.07. The number of nitrogens with zero attached hydrogens (tertiary/aromatic N) is 4. The zero-order chi connectivity index (χ0) is 22.4. The predicted molar refractivity (Wildman–Crippen MR) is 119 cm³/mol. The number of aliphatic hydroxyl groups is 1. The highest BCUT2D eigenvalue weighted by Crippen LogP contribution is 2.36. The van der Waals surface area contributed by atoms with Crippen molar-refractivity contribution >= 4 is 40.7 Å². The molecular formula is C22H17Cl2N5O2. The third kappa shape index (κ3) is 4.99. The lowest BCUT2D eigenvalue weighted by molar-refractivity contribution is 0.270. The molecule has 7 nitrogen and oxygen atoms in total. The molecule has 0 bridgehead atoms. The highest BCUT2D eigenvalue weighted by Gasteiger charge is 2.20. The summed E-state index contributed by atoms with van der Waals surface area (Å²) in [6.07, 6.45) is 1.49. The Morgan fingerprint density at radius 3 is 2.61 bits per heavy atom. The molecule has 156 valence electrons. The van der Waals surface area contributed by atoms with E-state index in [-0.39, 0.29) is 47.4 Å². The number of anilines is 1. The maximum Gasteiger partial charge on any atom is 0.145 e. The largest absolute Gasteiger partial charge is 0.487 e. The Balaban J connectivity index is 2.06. The number of halogens is 2. The second-order valence-corrected chi connectivity index (χ2v) is 7.26. The molecule has 0 saturated heterocycles. The standard InChI is InChI=1S/C22H17Cl2N5O2/c23-17-9-15(21(19(24)10-17)31-13-14-4-2-1-3-5-14)8-16(11-25)20-18(12-26)22(27)29(28-20)6-7-30/h1-5,8-10,30H,6-7,13,27H2/b16-8+. The Bertz CT molecular complexity index is 1210. The van der Waals surface area contributed by atoms with Crippen LogP contribution in [0.2, 0.25) is 10.0 Å². The molecule has 9 heteroatoms. The van der Waals surface area contributed by atoms with Gasteiger partial charge in [0.05, 0.1) is 23.7 Å². The molecule has 1 aromatic heterocycles. The summed E-state index contributed by atoms with van der Waals surface area (Å²) in [5, 5.41) is 33.3. The minimum absolute atomic E-state index is 0.0427. The number of nitrogens with two attached hydrogens (primary N) is 1. The number of hydrogen-bond donors (Lipinski definition) is 2. The number of hydrogen-bond acceptors (Lipinski definition) is 6. The third-order valence-electron chi connectivity index (χ3n) is 4.35. The van der Waals surface area contributed by atoms with Crippen LogP contribution in [-0.4, -0.2) is 21.5 Å². The molecule has 0 radical (unpaired) electrons. The Morgan fingerprint density at radius 1 is 1.23 bits per heavy atom. The predicted octanol–water partition coefficient (Wildman–Crippen LogP) is 4.28. The summed E-state index contributed by atoms with van der Waals surface area (Å²) in [6, 6.07) is 16.7. The first-order valence-electron chi connectivity index (χ1n) is 9.13. The fraction of sp³-hybridized carbons (Fsp3) is 0.136. The number of nitriles is 2. The van der Waals surface area contributed by atoms with E-state index in [1.165, 1.54) is 10.8 Å². The summed E-state index contributed by atoms with van der Waals surface area (Å²) in [4.78, 5) is 0. The van der Waals surface area contributed by atoms with Crippen molar-refractivity contribution in [3.63, 3.8) is 0 Å². The van der Waals surface area contributed by atoms with Crippen LogP contribution in [0.4, 0.5) is 5.82 Å². The van der Waals surface area contributed by atoms with Gasteiger partial charge < -0.3 is 15.6 Å². The zero-order valence-electron chi connectivity index (χ0n) is 16.2. The highest BCUT2D eigenvalue weighted by molar-refractivity contribution is 6.36.